The molecule has 0 bridgehead atoms. The second-order valence-corrected chi connectivity index (χ2v) is 12.7. The van der Waals surface area contributed by atoms with E-state index in [-0.39, 0.29) is 20.1 Å². The van der Waals surface area contributed by atoms with Crippen LogP contribution in [0.3, 0.4) is 0 Å². The number of nitrogens with zero attached hydrogens (tertiary/aromatic N) is 4. The Morgan fingerprint density at radius 3 is 1.70 bits per heavy atom. The molecule has 5 aromatic carbocycles. The van der Waals surface area contributed by atoms with E-state index in [1.165, 1.54) is 22.3 Å². The number of aromatic nitrogens is 4. The zero-order chi connectivity index (χ0) is 36.1. The van der Waals surface area contributed by atoms with Gasteiger partial charge in [0.05, 0.1) is 5.82 Å². The van der Waals surface area contributed by atoms with Gasteiger partial charge in [-0.05, 0) is 84.6 Å². The molecule has 8 aromatic rings. The molecule has 0 fully saturated rings. The van der Waals surface area contributed by atoms with E-state index in [1.807, 2.05) is 115 Å². The number of rotatable bonds is 11. The summed E-state index contributed by atoms with van der Waals surface area (Å²) in [7, 11) is 1.98. The van der Waals surface area contributed by atoms with Crippen LogP contribution in [0.25, 0.3) is 33.9 Å². The van der Waals surface area contributed by atoms with Crippen molar-refractivity contribution in [2.24, 2.45) is 7.05 Å². The van der Waals surface area contributed by atoms with Gasteiger partial charge in [-0.25, -0.2) is 0 Å². The third kappa shape index (κ3) is 10.6. The summed E-state index contributed by atoms with van der Waals surface area (Å²) >= 11 is 0. The van der Waals surface area contributed by atoms with Crippen LogP contribution < -0.4 is 4.74 Å². The molecule has 54 heavy (non-hydrogen) atoms. The molecule has 0 radical (unpaired) electrons. The fourth-order valence-electron chi connectivity index (χ4n) is 6.07. The van der Waals surface area contributed by atoms with Crippen LogP contribution in [0.1, 0.15) is 22.3 Å². The molecule has 0 aliphatic rings. The van der Waals surface area contributed by atoms with Crippen molar-refractivity contribution in [2.75, 3.05) is 0 Å². The first-order valence-corrected chi connectivity index (χ1v) is 17.8. The molecule has 0 amide bonds. The molecule has 0 spiro atoms. The number of aryl methyl sites for hydroxylation is 5. The van der Waals surface area contributed by atoms with Crippen LogP contribution in [0.15, 0.2) is 170 Å². The van der Waals surface area contributed by atoms with Crippen molar-refractivity contribution in [3.05, 3.63) is 211 Å². The van der Waals surface area contributed by atoms with E-state index in [1.54, 1.807) is 6.20 Å². The first-order chi connectivity index (χ1) is 26.2. The van der Waals surface area contributed by atoms with Gasteiger partial charge in [-0.1, -0.05) is 48.0 Å². The maximum atomic E-state index is 6.29. The molecule has 0 aliphatic heterocycles. The molecule has 6 heteroatoms. The topological polar surface area (TPSA) is 52.8 Å². The Morgan fingerprint density at radius 1 is 0.481 bits per heavy atom. The van der Waals surface area contributed by atoms with Crippen molar-refractivity contribution in [2.45, 2.75) is 25.7 Å². The SMILES string of the molecule is Cn1ccnc1-c1[c-]cccc1.[Ir+3].[c-]1ccccc1-c1cc(CCc2cccc(Oc3cccc(CCc4cc[c-]c(-c5ccccn5)c4)c3)c2)ccn1. The maximum absolute atomic E-state index is 6.29. The Hall–Kier alpha value is -5.94. The zero-order valence-corrected chi connectivity index (χ0v) is 32.4. The van der Waals surface area contributed by atoms with Crippen LogP contribution in [0.5, 0.6) is 11.5 Å². The quantitative estimate of drug-likeness (QED) is 0.122. The summed E-state index contributed by atoms with van der Waals surface area (Å²) in [6.07, 6.45) is 11.1. The van der Waals surface area contributed by atoms with Gasteiger partial charge in [0.25, 0.3) is 0 Å². The minimum atomic E-state index is 0. The van der Waals surface area contributed by atoms with Gasteiger partial charge in [0, 0.05) is 31.8 Å². The van der Waals surface area contributed by atoms with E-state index in [4.69, 9.17) is 4.74 Å². The second-order valence-electron chi connectivity index (χ2n) is 12.7. The van der Waals surface area contributed by atoms with Gasteiger partial charge in [-0.3, -0.25) is 4.98 Å². The van der Waals surface area contributed by atoms with Crippen molar-refractivity contribution >= 4 is 0 Å². The normalized spacial score (nSPS) is 10.5. The standard InChI is InChI=1S/C38H30N2O.C10H9N2.Ir/c1-2-12-33(13-3-1)38-28-32(22-24-40-38)21-20-31-11-8-16-36(27-31)41-35-15-7-10-30(26-35)19-18-29-9-6-14-34(25-29)37-17-4-5-23-39-37;1-12-8-7-11-10(12)9-5-3-2-4-6-9;/h1-12,15-17,22-28H,18-21H2;2-5,7-8H,1H3;/q-2;-1;+3. The molecular weight excluding hydrogens is 841 g/mol. The number of hydrogen-bond donors (Lipinski definition) is 0. The number of hydrogen-bond acceptors (Lipinski definition) is 4. The first kappa shape index (κ1) is 37.8. The van der Waals surface area contributed by atoms with Gasteiger partial charge >= 0.3 is 20.1 Å². The summed E-state index contributed by atoms with van der Waals surface area (Å²) < 4.78 is 8.27. The minimum absolute atomic E-state index is 0. The molecule has 0 aliphatic carbocycles. The smallest absolute Gasteiger partial charge is 0.457 e. The van der Waals surface area contributed by atoms with Gasteiger partial charge in [0.1, 0.15) is 11.5 Å². The van der Waals surface area contributed by atoms with E-state index in [0.717, 1.165) is 71.1 Å². The van der Waals surface area contributed by atoms with Gasteiger partial charge < -0.3 is 19.3 Å². The summed E-state index contributed by atoms with van der Waals surface area (Å²) in [5, 5.41) is 0. The van der Waals surface area contributed by atoms with E-state index in [9.17, 15) is 0 Å². The van der Waals surface area contributed by atoms with E-state index in [2.05, 4.69) is 93.8 Å². The van der Waals surface area contributed by atoms with Gasteiger partial charge in [-0.2, -0.15) is 0 Å². The predicted octanol–water partition coefficient (Wildman–Crippen LogP) is 10.7. The summed E-state index contributed by atoms with van der Waals surface area (Å²) in [6, 6.07) is 58.8. The van der Waals surface area contributed by atoms with Crippen LogP contribution in [-0.4, -0.2) is 19.5 Å². The number of imidazole rings is 1. The van der Waals surface area contributed by atoms with Crippen LogP contribution in [0, 0.1) is 18.2 Å². The summed E-state index contributed by atoms with van der Waals surface area (Å²) in [4.78, 5) is 13.2. The van der Waals surface area contributed by atoms with Gasteiger partial charge in [-0.15, -0.1) is 107 Å². The van der Waals surface area contributed by atoms with Crippen molar-refractivity contribution in [3.63, 3.8) is 0 Å². The fourth-order valence-corrected chi connectivity index (χ4v) is 6.07. The first-order valence-electron chi connectivity index (χ1n) is 17.8. The van der Waals surface area contributed by atoms with Crippen molar-refractivity contribution in [1.29, 1.82) is 0 Å². The largest absolute Gasteiger partial charge is 3.00 e. The van der Waals surface area contributed by atoms with Crippen LogP contribution in [-0.2, 0) is 52.8 Å². The second kappa shape index (κ2) is 19.2. The predicted molar refractivity (Wildman–Crippen MR) is 212 cm³/mol. The molecule has 0 saturated heterocycles. The monoisotopic (exact) mass is 880 g/mol. The summed E-state index contributed by atoms with van der Waals surface area (Å²) in [6.45, 7) is 0. The molecule has 5 nitrogen and oxygen atoms in total. The molecule has 3 aromatic heterocycles. The van der Waals surface area contributed by atoms with Crippen LogP contribution in [0.2, 0.25) is 0 Å². The molecule has 3 heterocycles. The molecule has 266 valence electrons. The average molecular weight is 880 g/mol. The van der Waals surface area contributed by atoms with E-state index < -0.39 is 0 Å². The van der Waals surface area contributed by atoms with E-state index in [0.29, 0.717) is 0 Å². The molecule has 0 atom stereocenters. The Labute approximate surface area is 331 Å². The number of pyridine rings is 2. The third-order valence-corrected chi connectivity index (χ3v) is 8.82. The molecule has 0 N–H and O–H groups in total. The number of benzene rings is 5. The molecule has 8 rings (SSSR count). The Bertz CT molecular complexity index is 2210. The Kier molecular flexibility index (Phi) is 13.5. The van der Waals surface area contributed by atoms with Crippen LogP contribution in [0.4, 0.5) is 0 Å². The Morgan fingerprint density at radius 2 is 1.09 bits per heavy atom. The van der Waals surface area contributed by atoms with Crippen molar-refractivity contribution in [3.8, 4) is 45.4 Å². The van der Waals surface area contributed by atoms with Crippen molar-refractivity contribution < 1.29 is 24.8 Å². The minimum Gasteiger partial charge on any atom is -0.457 e. The fraction of sp³-hybridized carbons (Fsp3) is 0.104. The maximum Gasteiger partial charge on any atom is 3.00 e. The summed E-state index contributed by atoms with van der Waals surface area (Å²) in [5.74, 6) is 2.66. The Balaban J connectivity index is 0.000000324. The van der Waals surface area contributed by atoms with Crippen LogP contribution >= 0.6 is 0 Å². The number of ether oxygens (including phenoxy) is 1. The van der Waals surface area contributed by atoms with Gasteiger partial charge in [0.15, 0.2) is 0 Å². The molecule has 0 saturated carbocycles. The average Bonchev–Trinajstić information content (AvgIpc) is 3.67. The summed E-state index contributed by atoms with van der Waals surface area (Å²) in [5.41, 5.74) is 10.00. The van der Waals surface area contributed by atoms with Crippen molar-refractivity contribution in [1.82, 2.24) is 19.5 Å². The van der Waals surface area contributed by atoms with Gasteiger partial charge in [0.2, 0.25) is 0 Å². The third-order valence-electron chi connectivity index (χ3n) is 8.82. The molecule has 0 unspecified atom stereocenters. The zero-order valence-electron chi connectivity index (χ0n) is 30.0. The molecular formula is C48H39IrN4O. The van der Waals surface area contributed by atoms with E-state index >= 15 is 0 Å².